The van der Waals surface area contributed by atoms with Crippen molar-refractivity contribution in [2.45, 2.75) is 56.6 Å². The Bertz CT molecular complexity index is 1440. The van der Waals surface area contributed by atoms with Crippen LogP contribution < -0.4 is 5.32 Å². The summed E-state index contributed by atoms with van der Waals surface area (Å²) in [6.45, 7) is 7.99. The number of nitrogens with one attached hydrogen (secondary N) is 1. The van der Waals surface area contributed by atoms with Gasteiger partial charge in [0, 0.05) is 19.1 Å². The minimum atomic E-state index is -3.72. The fourth-order valence-corrected chi connectivity index (χ4v) is 8.16. The van der Waals surface area contributed by atoms with Crippen LogP contribution >= 0.6 is 11.3 Å². The second kappa shape index (κ2) is 11.2. The Balaban J connectivity index is 1.30. The summed E-state index contributed by atoms with van der Waals surface area (Å²) < 4.78 is 50.0. The van der Waals surface area contributed by atoms with Crippen LogP contribution in [0.1, 0.15) is 38.7 Å². The number of carbonyl (C=O) groups excluding carboxylic acids is 1. The van der Waals surface area contributed by atoms with E-state index in [4.69, 9.17) is 4.74 Å². The van der Waals surface area contributed by atoms with E-state index in [0.717, 1.165) is 18.4 Å². The second-order valence-electron chi connectivity index (χ2n) is 11.1. The SMILES string of the molecule is Cc1ccc(S(=O)(=O)N2CC3(CCCN(CC(=O)Nc4nc5ccc(F)cc5s4)C3)OC[C@@H]2CC(C)C)cc1. The maximum Gasteiger partial charge on any atom is 0.243 e. The first-order valence-electron chi connectivity index (χ1n) is 13.3. The average molecular weight is 575 g/mol. The number of hydrogen-bond donors (Lipinski definition) is 1. The molecule has 2 aliphatic rings. The summed E-state index contributed by atoms with van der Waals surface area (Å²) in [5.74, 6) is -0.248. The molecule has 1 N–H and O–H groups in total. The van der Waals surface area contributed by atoms with Crippen molar-refractivity contribution in [3.63, 3.8) is 0 Å². The van der Waals surface area contributed by atoms with E-state index in [2.05, 4.69) is 24.1 Å². The summed E-state index contributed by atoms with van der Waals surface area (Å²) in [6, 6.07) is 11.1. The minimum absolute atomic E-state index is 0.134. The van der Waals surface area contributed by atoms with Crippen LogP contribution in [0.15, 0.2) is 47.4 Å². The zero-order valence-corrected chi connectivity index (χ0v) is 24.2. The highest BCUT2D eigenvalue weighted by Crippen LogP contribution is 2.35. The van der Waals surface area contributed by atoms with Crippen molar-refractivity contribution in [1.82, 2.24) is 14.2 Å². The number of rotatable bonds is 7. The quantitative estimate of drug-likeness (QED) is 0.442. The average Bonchev–Trinajstić information content (AvgIpc) is 3.26. The van der Waals surface area contributed by atoms with Crippen LogP contribution in [0.25, 0.3) is 10.2 Å². The molecule has 11 heteroatoms. The molecule has 210 valence electrons. The largest absolute Gasteiger partial charge is 0.371 e. The minimum Gasteiger partial charge on any atom is -0.371 e. The van der Waals surface area contributed by atoms with Crippen molar-refractivity contribution in [2.75, 3.05) is 38.1 Å². The number of aromatic nitrogens is 1. The van der Waals surface area contributed by atoms with Crippen molar-refractivity contribution in [2.24, 2.45) is 5.92 Å². The van der Waals surface area contributed by atoms with E-state index < -0.39 is 15.6 Å². The van der Waals surface area contributed by atoms with Gasteiger partial charge in [-0.15, -0.1) is 0 Å². The Hall–Kier alpha value is -2.44. The summed E-state index contributed by atoms with van der Waals surface area (Å²) in [5, 5.41) is 3.26. The third-order valence-corrected chi connectivity index (χ3v) is 10.2. The number of thiazole rings is 1. The van der Waals surface area contributed by atoms with Gasteiger partial charge in [-0.2, -0.15) is 4.31 Å². The Morgan fingerprint density at radius 2 is 2.00 bits per heavy atom. The molecule has 2 saturated heterocycles. The lowest BCUT2D eigenvalue weighted by Gasteiger charge is -2.50. The number of nitrogens with zero attached hydrogens (tertiary/aromatic N) is 3. The third kappa shape index (κ3) is 6.33. The van der Waals surface area contributed by atoms with E-state index in [1.54, 1.807) is 22.5 Å². The van der Waals surface area contributed by atoms with Gasteiger partial charge in [0.1, 0.15) is 5.82 Å². The number of anilines is 1. The maximum atomic E-state index is 13.8. The number of piperidine rings is 1. The lowest BCUT2D eigenvalue weighted by atomic mass is 9.89. The van der Waals surface area contributed by atoms with Crippen LogP contribution in [-0.2, 0) is 19.6 Å². The van der Waals surface area contributed by atoms with Crippen LogP contribution in [-0.4, -0.2) is 72.9 Å². The molecule has 2 aliphatic heterocycles. The van der Waals surface area contributed by atoms with E-state index in [9.17, 15) is 17.6 Å². The number of carbonyl (C=O) groups is 1. The number of aryl methyl sites for hydroxylation is 1. The summed E-state index contributed by atoms with van der Waals surface area (Å²) in [6.07, 6.45) is 2.23. The highest BCUT2D eigenvalue weighted by Gasteiger charge is 2.47. The van der Waals surface area contributed by atoms with Gasteiger partial charge in [-0.25, -0.2) is 17.8 Å². The summed E-state index contributed by atoms with van der Waals surface area (Å²) in [4.78, 5) is 19.6. The topological polar surface area (TPSA) is 91.8 Å². The van der Waals surface area contributed by atoms with Crippen LogP contribution in [0.3, 0.4) is 0 Å². The number of amides is 1. The third-order valence-electron chi connectivity index (χ3n) is 7.39. The summed E-state index contributed by atoms with van der Waals surface area (Å²) in [5.41, 5.74) is 0.956. The van der Waals surface area contributed by atoms with Crippen molar-refractivity contribution in [3.05, 3.63) is 53.8 Å². The molecule has 2 atom stereocenters. The molecule has 2 aromatic carbocycles. The molecule has 2 fully saturated rings. The van der Waals surface area contributed by atoms with Crippen LogP contribution in [0, 0.1) is 18.7 Å². The lowest BCUT2D eigenvalue weighted by Crippen LogP contribution is -2.64. The van der Waals surface area contributed by atoms with Crippen LogP contribution in [0.5, 0.6) is 0 Å². The molecule has 3 aromatic rings. The molecule has 1 spiro atoms. The number of ether oxygens (including phenoxy) is 1. The second-order valence-corrected chi connectivity index (χ2v) is 14.1. The number of fused-ring (bicyclic) bond motifs is 1. The smallest absolute Gasteiger partial charge is 0.243 e. The van der Waals surface area contributed by atoms with Crippen molar-refractivity contribution in [1.29, 1.82) is 0 Å². The molecule has 0 aliphatic carbocycles. The molecule has 1 aromatic heterocycles. The predicted octanol–water partition coefficient (Wildman–Crippen LogP) is 4.65. The normalized spacial score (nSPS) is 23.1. The molecule has 0 radical (unpaired) electrons. The monoisotopic (exact) mass is 574 g/mol. The van der Waals surface area contributed by atoms with Crippen molar-refractivity contribution in [3.8, 4) is 0 Å². The van der Waals surface area contributed by atoms with E-state index >= 15 is 0 Å². The van der Waals surface area contributed by atoms with Gasteiger partial charge in [-0.3, -0.25) is 9.69 Å². The Morgan fingerprint density at radius 1 is 1.23 bits per heavy atom. The van der Waals surface area contributed by atoms with E-state index in [1.807, 2.05) is 24.0 Å². The van der Waals surface area contributed by atoms with E-state index in [0.29, 0.717) is 52.3 Å². The van der Waals surface area contributed by atoms with Crippen molar-refractivity contribution >= 4 is 42.6 Å². The van der Waals surface area contributed by atoms with Gasteiger partial charge in [0.15, 0.2) is 5.13 Å². The molecule has 3 heterocycles. The zero-order valence-electron chi connectivity index (χ0n) is 22.5. The van der Waals surface area contributed by atoms with Gasteiger partial charge in [-0.05, 0) is 69.0 Å². The standard InChI is InChI=1S/C28H35FN4O4S2/c1-19(2)13-22-16-37-28(18-33(22)39(35,36)23-8-5-20(3)6-9-23)11-4-12-32(17-28)15-26(34)31-27-30-24-10-7-21(29)14-25(24)38-27/h5-10,14,19,22H,4,11-13,15-18H2,1-3H3,(H,30,31,34)/t22-,28?/m0/s1. The maximum absolute atomic E-state index is 13.8. The van der Waals surface area contributed by atoms with Crippen LogP contribution in [0.2, 0.25) is 0 Å². The fourth-order valence-electron chi connectivity index (χ4n) is 5.56. The van der Waals surface area contributed by atoms with E-state index in [-0.39, 0.29) is 30.9 Å². The fraction of sp³-hybridized carbons (Fsp3) is 0.500. The number of likely N-dealkylation sites (tertiary alicyclic amines) is 1. The van der Waals surface area contributed by atoms with Gasteiger partial charge in [0.25, 0.3) is 0 Å². The van der Waals surface area contributed by atoms with Gasteiger partial charge in [0.05, 0.1) is 33.9 Å². The molecule has 39 heavy (non-hydrogen) atoms. The highest BCUT2D eigenvalue weighted by atomic mass is 32.2. The molecule has 1 unspecified atom stereocenters. The number of morpholine rings is 1. The van der Waals surface area contributed by atoms with Gasteiger partial charge in [-0.1, -0.05) is 42.9 Å². The van der Waals surface area contributed by atoms with Crippen molar-refractivity contribution < 1.29 is 22.3 Å². The first kappa shape index (κ1) is 28.1. The Morgan fingerprint density at radius 3 is 2.74 bits per heavy atom. The first-order valence-corrected chi connectivity index (χ1v) is 15.6. The number of benzene rings is 2. The molecular weight excluding hydrogens is 539 g/mol. The molecule has 0 bridgehead atoms. The zero-order chi connectivity index (χ0) is 27.8. The number of halogens is 1. The molecule has 8 nitrogen and oxygen atoms in total. The van der Waals surface area contributed by atoms with Gasteiger partial charge in [0.2, 0.25) is 15.9 Å². The predicted molar refractivity (Wildman–Crippen MR) is 151 cm³/mol. The van der Waals surface area contributed by atoms with E-state index in [1.165, 1.54) is 23.5 Å². The number of hydrogen-bond acceptors (Lipinski definition) is 7. The molecule has 5 rings (SSSR count). The molecular formula is C28H35FN4O4S2. The first-order chi connectivity index (χ1) is 18.5. The Kier molecular flexibility index (Phi) is 8.08. The van der Waals surface area contributed by atoms with Gasteiger partial charge >= 0.3 is 0 Å². The lowest BCUT2D eigenvalue weighted by molar-refractivity contribution is -0.146. The molecule has 1 amide bonds. The summed E-state index contributed by atoms with van der Waals surface area (Å²) >= 11 is 1.23. The molecule has 0 saturated carbocycles. The number of sulfonamides is 1. The van der Waals surface area contributed by atoms with Gasteiger partial charge < -0.3 is 10.1 Å². The summed E-state index contributed by atoms with van der Waals surface area (Å²) in [7, 11) is -3.72. The Labute approximate surface area is 233 Å². The van der Waals surface area contributed by atoms with Crippen LogP contribution in [0.4, 0.5) is 9.52 Å². The highest BCUT2D eigenvalue weighted by molar-refractivity contribution is 7.89.